The molecule has 0 aliphatic heterocycles. The fourth-order valence-electron chi connectivity index (χ4n) is 3.08. The molecule has 0 atom stereocenters. The Morgan fingerprint density at radius 1 is 1.04 bits per heavy atom. The van der Waals surface area contributed by atoms with Gasteiger partial charge in [0.25, 0.3) is 0 Å². The van der Waals surface area contributed by atoms with Crippen LogP contribution in [0.25, 0.3) is 5.69 Å². The largest absolute Gasteiger partial charge is 0.352 e. The molecule has 1 aromatic heterocycles. The highest BCUT2D eigenvalue weighted by molar-refractivity contribution is 7.35. The van der Waals surface area contributed by atoms with Gasteiger partial charge in [0.15, 0.2) is 0 Å². The molecule has 9 radical (unpaired) electrons. The second-order valence-electron chi connectivity index (χ2n) is 6.06. The van der Waals surface area contributed by atoms with Crippen molar-refractivity contribution < 1.29 is 0 Å². The molecule has 109 valence electrons. The Balaban J connectivity index is 3.07. The van der Waals surface area contributed by atoms with Gasteiger partial charge < -0.3 is 0 Å². The summed E-state index contributed by atoms with van der Waals surface area (Å²) in [6, 6.07) is 0. The van der Waals surface area contributed by atoms with Crippen molar-refractivity contribution in [3.8, 4) is 5.69 Å². The van der Waals surface area contributed by atoms with Gasteiger partial charge in [-0.25, -0.2) is 4.79 Å². The van der Waals surface area contributed by atoms with Gasteiger partial charge in [0.1, 0.15) is 7.85 Å². The fourth-order valence-corrected chi connectivity index (χ4v) is 3.08. The molecule has 0 fully saturated rings. The molecular weight excluding hydrogens is 289 g/mol. The molecular formula is C15H15B6N2O. The summed E-state index contributed by atoms with van der Waals surface area (Å²) in [7, 11) is 25.4. The van der Waals surface area contributed by atoms with E-state index in [4.69, 9.17) is 31.1 Å². The molecule has 9 heteroatoms. The first-order valence-corrected chi connectivity index (χ1v) is 7.69. The maximum atomic E-state index is 12.6. The molecule has 2 rings (SSSR count). The molecule has 1 aromatic carbocycles. The highest BCUT2D eigenvalue weighted by Crippen LogP contribution is 2.15. The minimum absolute atomic E-state index is 0.385. The van der Waals surface area contributed by atoms with E-state index in [1.807, 2.05) is 34.6 Å². The Morgan fingerprint density at radius 2 is 1.62 bits per heavy atom. The van der Waals surface area contributed by atoms with Gasteiger partial charge in [-0.2, -0.15) is 4.98 Å². The van der Waals surface area contributed by atoms with Crippen LogP contribution in [0.4, 0.5) is 0 Å². The number of rotatable bonds is 3. The van der Waals surface area contributed by atoms with Gasteiger partial charge in [0, 0.05) is 40.3 Å². The summed E-state index contributed by atoms with van der Waals surface area (Å²) in [5.74, 6) is 0. The summed E-state index contributed by atoms with van der Waals surface area (Å²) in [5, 5.41) is 0. The van der Waals surface area contributed by atoms with Crippen LogP contribution < -0.4 is 22.1 Å². The second kappa shape index (κ2) is 6.78. The smallest absolute Gasteiger partial charge is 0.265 e. The fraction of sp³-hybridized carbons (Fsp3) is 0.333. The van der Waals surface area contributed by atoms with Crippen LogP contribution in [0.1, 0.15) is 28.1 Å². The van der Waals surface area contributed by atoms with Gasteiger partial charge in [0.2, 0.25) is 0 Å². The lowest BCUT2D eigenvalue weighted by atomic mass is 9.16. The van der Waals surface area contributed by atoms with Crippen LogP contribution in [0.15, 0.2) is 4.79 Å². The van der Waals surface area contributed by atoms with E-state index in [0.717, 1.165) is 16.8 Å². The summed E-state index contributed by atoms with van der Waals surface area (Å²) < 4.78 is 1.53. The maximum absolute atomic E-state index is 12.6. The molecule has 0 amide bonds. The van der Waals surface area contributed by atoms with Crippen LogP contribution >= 0.6 is 0 Å². The van der Waals surface area contributed by atoms with Crippen LogP contribution in [-0.4, -0.2) is 54.3 Å². The van der Waals surface area contributed by atoms with E-state index in [1.54, 1.807) is 0 Å². The van der Waals surface area contributed by atoms with Crippen LogP contribution in [0.3, 0.4) is 0 Å². The lowest BCUT2D eigenvalue weighted by molar-refractivity contribution is 0.836. The molecule has 0 saturated heterocycles. The molecule has 1 heterocycles. The first-order chi connectivity index (χ1) is 11.1. The average molecular weight is 304 g/mol. The summed E-state index contributed by atoms with van der Waals surface area (Å²) in [6.45, 7) is 8.47. The molecule has 24 heavy (non-hydrogen) atoms. The molecule has 0 saturated carbocycles. The zero-order valence-electron chi connectivity index (χ0n) is 14.8. The van der Waals surface area contributed by atoms with Crippen LogP contribution in [0.2, 0.25) is 0 Å². The van der Waals surface area contributed by atoms with Gasteiger partial charge in [-0.05, 0) is 45.7 Å². The van der Waals surface area contributed by atoms with Gasteiger partial charge in [-0.1, -0.05) is 16.5 Å². The minimum Gasteiger partial charge on any atom is -0.265 e. The number of aromatic nitrogens is 2. The first-order valence-electron chi connectivity index (χ1n) is 7.69. The predicted molar refractivity (Wildman–Crippen MR) is 107 cm³/mol. The van der Waals surface area contributed by atoms with E-state index in [0.29, 0.717) is 33.3 Å². The number of hydrogen-bond donors (Lipinski definition) is 0. The second-order valence-corrected chi connectivity index (χ2v) is 6.06. The van der Waals surface area contributed by atoms with Crippen molar-refractivity contribution in [2.45, 2.75) is 34.6 Å². The molecule has 0 bridgehead atoms. The van der Waals surface area contributed by atoms with E-state index in [9.17, 15) is 4.79 Å². The van der Waals surface area contributed by atoms with Gasteiger partial charge >= 0.3 is 5.69 Å². The Hall–Kier alpha value is -1.51. The number of aryl methyl sites for hydroxylation is 1. The topological polar surface area (TPSA) is 34.9 Å². The average Bonchev–Trinajstić information content (AvgIpc) is 2.50. The van der Waals surface area contributed by atoms with E-state index in [1.165, 1.54) is 11.7 Å². The minimum atomic E-state index is -0.786. The summed E-state index contributed by atoms with van der Waals surface area (Å²) in [5.41, 5.74) is 5.87. The van der Waals surface area contributed by atoms with Crippen molar-refractivity contribution in [1.82, 2.24) is 9.55 Å². The van der Waals surface area contributed by atoms with Gasteiger partial charge in [0.05, 0.1) is 13.7 Å². The normalized spacial score (nSPS) is 10.7. The van der Waals surface area contributed by atoms with Crippen LogP contribution in [0.5, 0.6) is 0 Å². The molecule has 3 nitrogen and oxygen atoms in total. The van der Waals surface area contributed by atoms with E-state index in [2.05, 4.69) is 4.98 Å². The van der Waals surface area contributed by atoms with E-state index < -0.39 is 6.49 Å². The van der Waals surface area contributed by atoms with Gasteiger partial charge in [-0.3, -0.25) is 4.57 Å². The standard InChI is InChI=1S/C15H15B6N2O/c1-6-9(4)22-15(24)23(10(6)5)14-7(2)11(16)12(20-17)8(3)13(14)21(18)19/h1-5H3. The quantitative estimate of drug-likeness (QED) is 0.616. The Kier molecular flexibility index (Phi) is 5.31. The summed E-state index contributed by atoms with van der Waals surface area (Å²) in [4.78, 5) is 16.7. The van der Waals surface area contributed by atoms with Crippen molar-refractivity contribution in [2.24, 2.45) is 0 Å². The van der Waals surface area contributed by atoms with E-state index in [-0.39, 0.29) is 5.69 Å². The third kappa shape index (κ3) is 2.82. The van der Waals surface area contributed by atoms with Crippen molar-refractivity contribution in [1.29, 1.82) is 0 Å². The lowest BCUT2D eigenvalue weighted by Gasteiger charge is -2.27. The zero-order valence-corrected chi connectivity index (χ0v) is 14.8. The predicted octanol–water partition coefficient (Wildman–Crippen LogP) is -1.99. The van der Waals surface area contributed by atoms with Crippen molar-refractivity contribution in [3.05, 3.63) is 38.6 Å². The van der Waals surface area contributed by atoms with Crippen molar-refractivity contribution in [3.63, 3.8) is 0 Å². The Bertz CT molecular complexity index is 876. The highest BCUT2D eigenvalue weighted by atomic mass is 16.1. The van der Waals surface area contributed by atoms with Crippen molar-refractivity contribution >= 4 is 61.1 Å². The van der Waals surface area contributed by atoms with Crippen molar-refractivity contribution in [2.75, 3.05) is 0 Å². The molecule has 0 aliphatic rings. The maximum Gasteiger partial charge on any atom is 0.352 e. The van der Waals surface area contributed by atoms with E-state index >= 15 is 0 Å². The Labute approximate surface area is 149 Å². The first kappa shape index (κ1) is 18.8. The zero-order chi connectivity index (χ0) is 18.3. The number of benzene rings is 1. The summed E-state index contributed by atoms with van der Waals surface area (Å²) >= 11 is 0. The molecule has 2 aromatic rings. The molecule has 0 N–H and O–H groups in total. The Morgan fingerprint density at radius 3 is 2.12 bits per heavy atom. The molecule has 0 unspecified atom stereocenters. The van der Waals surface area contributed by atoms with Gasteiger partial charge in [-0.15, -0.1) is 5.46 Å². The number of hydrogen-bond acceptors (Lipinski definition) is 2. The molecule has 0 spiro atoms. The highest BCUT2D eigenvalue weighted by Gasteiger charge is 2.22. The third-order valence-electron chi connectivity index (χ3n) is 4.71. The molecule has 0 aliphatic carbocycles. The monoisotopic (exact) mass is 305 g/mol. The third-order valence-corrected chi connectivity index (χ3v) is 4.71. The summed E-state index contributed by atoms with van der Waals surface area (Å²) in [6.07, 6.45) is 0. The van der Waals surface area contributed by atoms with Crippen LogP contribution in [-0.2, 0) is 0 Å². The number of nitrogens with zero attached hydrogens (tertiary/aromatic N) is 2. The van der Waals surface area contributed by atoms with Crippen LogP contribution in [0, 0.1) is 34.6 Å². The SMILES string of the molecule is [B][B]c1c([B])c(C)c(-n2c(C)c(C)c(C)nc2=O)c(B([B])[B])c1C. The lowest BCUT2D eigenvalue weighted by Crippen LogP contribution is -2.49.